The molecule has 0 aromatic carbocycles. The van der Waals surface area contributed by atoms with E-state index in [0.717, 1.165) is 26.1 Å². The SMILES string of the molecule is CCCc1c(C(=O)O)nnn1CC1CN(CC)CCO1. The molecule has 1 atom stereocenters. The molecule has 2 heterocycles. The first-order valence-corrected chi connectivity index (χ1v) is 7.15. The van der Waals surface area contributed by atoms with E-state index in [2.05, 4.69) is 22.1 Å². The van der Waals surface area contributed by atoms with Crippen LogP contribution in [0.2, 0.25) is 0 Å². The minimum atomic E-state index is -1.01. The third-order valence-electron chi connectivity index (χ3n) is 3.57. The van der Waals surface area contributed by atoms with Crippen LogP contribution in [0.4, 0.5) is 0 Å². The zero-order valence-corrected chi connectivity index (χ0v) is 12.1. The van der Waals surface area contributed by atoms with Crippen molar-refractivity contribution in [3.05, 3.63) is 11.4 Å². The maximum absolute atomic E-state index is 11.1. The summed E-state index contributed by atoms with van der Waals surface area (Å²) in [6.07, 6.45) is 1.57. The molecular weight excluding hydrogens is 260 g/mol. The van der Waals surface area contributed by atoms with Crippen LogP contribution in [0.15, 0.2) is 0 Å². The Morgan fingerprint density at radius 2 is 2.30 bits per heavy atom. The Balaban J connectivity index is 2.10. The number of rotatable bonds is 6. The van der Waals surface area contributed by atoms with Crippen LogP contribution in [-0.4, -0.2) is 63.3 Å². The molecule has 2 rings (SSSR count). The monoisotopic (exact) mass is 282 g/mol. The van der Waals surface area contributed by atoms with Gasteiger partial charge in [-0.2, -0.15) is 0 Å². The molecule has 0 saturated carbocycles. The zero-order valence-electron chi connectivity index (χ0n) is 12.1. The lowest BCUT2D eigenvalue weighted by Gasteiger charge is -2.32. The second-order valence-electron chi connectivity index (χ2n) is 5.01. The Kier molecular flexibility index (Phi) is 5.08. The highest BCUT2D eigenvalue weighted by atomic mass is 16.5. The Bertz CT molecular complexity index is 460. The third-order valence-corrected chi connectivity index (χ3v) is 3.57. The Morgan fingerprint density at radius 3 is 2.95 bits per heavy atom. The fourth-order valence-corrected chi connectivity index (χ4v) is 2.50. The van der Waals surface area contributed by atoms with Crippen LogP contribution in [0.1, 0.15) is 36.5 Å². The molecule has 1 fully saturated rings. The van der Waals surface area contributed by atoms with Crippen LogP contribution in [0.3, 0.4) is 0 Å². The average Bonchev–Trinajstić information content (AvgIpc) is 2.83. The highest BCUT2D eigenvalue weighted by Crippen LogP contribution is 2.12. The molecule has 1 aromatic rings. The molecule has 0 spiro atoms. The summed E-state index contributed by atoms with van der Waals surface area (Å²) >= 11 is 0. The molecule has 0 radical (unpaired) electrons. The van der Waals surface area contributed by atoms with Gasteiger partial charge in [0.25, 0.3) is 0 Å². The highest BCUT2D eigenvalue weighted by molar-refractivity contribution is 5.86. The van der Waals surface area contributed by atoms with Crippen molar-refractivity contribution in [2.75, 3.05) is 26.2 Å². The molecule has 1 aromatic heterocycles. The maximum Gasteiger partial charge on any atom is 0.358 e. The molecule has 1 unspecified atom stereocenters. The van der Waals surface area contributed by atoms with Gasteiger partial charge in [0.05, 0.1) is 24.9 Å². The predicted octanol–water partition coefficient (Wildman–Crippen LogP) is 0.649. The van der Waals surface area contributed by atoms with Crippen LogP contribution in [0, 0.1) is 0 Å². The number of carboxylic acids is 1. The van der Waals surface area contributed by atoms with Crippen molar-refractivity contribution in [3.63, 3.8) is 0 Å². The van der Waals surface area contributed by atoms with Crippen molar-refractivity contribution in [1.82, 2.24) is 19.9 Å². The van der Waals surface area contributed by atoms with E-state index in [1.54, 1.807) is 4.68 Å². The fraction of sp³-hybridized carbons (Fsp3) is 0.769. The van der Waals surface area contributed by atoms with Gasteiger partial charge in [-0.25, -0.2) is 9.48 Å². The van der Waals surface area contributed by atoms with Gasteiger partial charge < -0.3 is 9.84 Å². The van der Waals surface area contributed by atoms with Crippen LogP contribution < -0.4 is 0 Å². The quantitative estimate of drug-likeness (QED) is 0.825. The van der Waals surface area contributed by atoms with Gasteiger partial charge in [0, 0.05) is 13.1 Å². The smallest absolute Gasteiger partial charge is 0.358 e. The number of carbonyl (C=O) groups is 1. The summed E-state index contributed by atoms with van der Waals surface area (Å²) in [5.41, 5.74) is 0.757. The normalized spacial score (nSPS) is 20.2. The topological polar surface area (TPSA) is 80.5 Å². The summed E-state index contributed by atoms with van der Waals surface area (Å²) in [6.45, 7) is 8.21. The molecule has 7 nitrogen and oxygen atoms in total. The fourth-order valence-electron chi connectivity index (χ4n) is 2.50. The van der Waals surface area contributed by atoms with E-state index in [1.165, 1.54) is 0 Å². The van der Waals surface area contributed by atoms with Crippen molar-refractivity contribution >= 4 is 5.97 Å². The molecule has 20 heavy (non-hydrogen) atoms. The molecular formula is C13H22N4O3. The summed E-state index contributed by atoms with van der Waals surface area (Å²) in [7, 11) is 0. The number of ether oxygens (including phenoxy) is 1. The van der Waals surface area contributed by atoms with E-state index in [1.807, 2.05) is 6.92 Å². The van der Waals surface area contributed by atoms with Crippen molar-refractivity contribution in [1.29, 1.82) is 0 Å². The molecule has 112 valence electrons. The summed E-state index contributed by atoms with van der Waals surface area (Å²) in [4.78, 5) is 13.5. The number of carboxylic acid groups (broad SMARTS) is 1. The first-order valence-electron chi connectivity index (χ1n) is 7.15. The van der Waals surface area contributed by atoms with Gasteiger partial charge in [-0.1, -0.05) is 25.5 Å². The van der Waals surface area contributed by atoms with Crippen molar-refractivity contribution < 1.29 is 14.6 Å². The van der Waals surface area contributed by atoms with Crippen LogP contribution in [-0.2, 0) is 17.7 Å². The van der Waals surface area contributed by atoms with E-state index < -0.39 is 5.97 Å². The first kappa shape index (κ1) is 14.9. The van der Waals surface area contributed by atoms with Gasteiger partial charge in [-0.3, -0.25) is 4.90 Å². The number of nitrogens with zero attached hydrogens (tertiary/aromatic N) is 4. The van der Waals surface area contributed by atoms with Gasteiger partial charge in [0.15, 0.2) is 5.69 Å². The van der Waals surface area contributed by atoms with Crippen molar-refractivity contribution in [2.45, 2.75) is 39.3 Å². The number of aromatic nitrogens is 3. The number of hydrogen-bond donors (Lipinski definition) is 1. The van der Waals surface area contributed by atoms with Crippen LogP contribution in [0.5, 0.6) is 0 Å². The Morgan fingerprint density at radius 1 is 1.50 bits per heavy atom. The minimum absolute atomic E-state index is 0.0441. The number of hydrogen-bond acceptors (Lipinski definition) is 5. The largest absolute Gasteiger partial charge is 0.476 e. The van der Waals surface area contributed by atoms with E-state index >= 15 is 0 Å². The van der Waals surface area contributed by atoms with Gasteiger partial charge in [0.2, 0.25) is 0 Å². The summed E-state index contributed by atoms with van der Waals surface area (Å²) in [5, 5.41) is 16.9. The molecule has 1 aliphatic rings. The van der Waals surface area contributed by atoms with Crippen LogP contribution >= 0.6 is 0 Å². The zero-order chi connectivity index (χ0) is 14.5. The summed E-state index contributed by atoms with van der Waals surface area (Å²) in [6, 6.07) is 0. The molecule has 0 amide bonds. The molecule has 0 bridgehead atoms. The van der Waals surface area contributed by atoms with E-state index in [4.69, 9.17) is 9.84 Å². The average molecular weight is 282 g/mol. The summed E-state index contributed by atoms with van der Waals surface area (Å²) in [5.74, 6) is -1.01. The standard InChI is InChI=1S/C13H22N4O3/c1-3-5-11-12(13(18)19)14-15-17(11)9-10-8-16(4-2)6-7-20-10/h10H,3-9H2,1-2H3,(H,18,19). The van der Waals surface area contributed by atoms with Gasteiger partial charge in [-0.15, -0.1) is 5.10 Å². The number of morpholine rings is 1. The summed E-state index contributed by atoms with van der Waals surface area (Å²) < 4.78 is 7.43. The van der Waals surface area contributed by atoms with Crippen molar-refractivity contribution in [3.8, 4) is 0 Å². The van der Waals surface area contributed by atoms with Gasteiger partial charge >= 0.3 is 5.97 Å². The molecule has 1 saturated heterocycles. The van der Waals surface area contributed by atoms with E-state index in [0.29, 0.717) is 25.3 Å². The van der Waals surface area contributed by atoms with Crippen LogP contribution in [0.25, 0.3) is 0 Å². The number of aromatic carboxylic acids is 1. The highest BCUT2D eigenvalue weighted by Gasteiger charge is 2.24. The lowest BCUT2D eigenvalue weighted by Crippen LogP contribution is -2.44. The van der Waals surface area contributed by atoms with Crippen molar-refractivity contribution in [2.24, 2.45) is 0 Å². The number of likely N-dealkylation sites (N-methyl/N-ethyl adjacent to an activating group) is 1. The minimum Gasteiger partial charge on any atom is -0.476 e. The second kappa shape index (κ2) is 6.81. The molecule has 0 aliphatic carbocycles. The van der Waals surface area contributed by atoms with Gasteiger partial charge in [0.1, 0.15) is 0 Å². The molecule has 1 aliphatic heterocycles. The lowest BCUT2D eigenvalue weighted by molar-refractivity contribution is -0.0363. The Hall–Kier alpha value is -1.47. The van der Waals surface area contributed by atoms with E-state index in [-0.39, 0.29) is 11.8 Å². The second-order valence-corrected chi connectivity index (χ2v) is 5.01. The predicted molar refractivity (Wildman–Crippen MR) is 72.8 cm³/mol. The first-order chi connectivity index (χ1) is 9.65. The maximum atomic E-state index is 11.1. The third kappa shape index (κ3) is 3.34. The lowest BCUT2D eigenvalue weighted by atomic mass is 10.2. The van der Waals surface area contributed by atoms with E-state index in [9.17, 15) is 4.79 Å². The van der Waals surface area contributed by atoms with Gasteiger partial charge in [-0.05, 0) is 13.0 Å². The molecule has 1 N–H and O–H groups in total. The Labute approximate surface area is 118 Å². The molecule has 7 heteroatoms.